The first-order valence-electron chi connectivity index (χ1n) is 12.1. The molecule has 3 unspecified atom stereocenters. The van der Waals surface area contributed by atoms with Crippen LogP contribution >= 0.6 is 0 Å². The minimum absolute atomic E-state index is 0.0287. The second-order valence-electron chi connectivity index (χ2n) is 12.5. The molecule has 0 N–H and O–H groups in total. The molecule has 7 nitrogen and oxygen atoms in total. The molecule has 2 aliphatic heterocycles. The molecule has 192 valence electrons. The van der Waals surface area contributed by atoms with Crippen molar-refractivity contribution in [2.75, 3.05) is 7.11 Å². The number of esters is 1. The molecule has 0 bridgehead atoms. The van der Waals surface area contributed by atoms with Crippen molar-refractivity contribution >= 4 is 28.9 Å². The molecule has 0 radical (unpaired) electrons. The zero-order valence-electron chi connectivity index (χ0n) is 22.5. The Morgan fingerprint density at radius 3 is 1.88 bits per heavy atom. The largest absolute Gasteiger partial charge is 0.469 e. The number of aldehydes is 1. The third-order valence-electron chi connectivity index (χ3n) is 8.02. The number of hydrogen-bond donors (Lipinski definition) is 0. The Bertz CT molecular complexity index is 696. The van der Waals surface area contributed by atoms with Gasteiger partial charge in [0.1, 0.15) is 24.4 Å². The molecule has 0 amide bonds. The van der Waals surface area contributed by atoms with E-state index in [0.717, 1.165) is 6.29 Å². The van der Waals surface area contributed by atoms with Gasteiger partial charge in [0.05, 0.1) is 25.7 Å². The Hall–Kier alpha value is -0.586. The molecular formula is C24H46O7Si2. The summed E-state index contributed by atoms with van der Waals surface area (Å²) in [6, 6.07) is 0. The minimum Gasteiger partial charge on any atom is -0.469 e. The zero-order valence-corrected chi connectivity index (χ0v) is 24.5. The summed E-state index contributed by atoms with van der Waals surface area (Å²) in [4.78, 5) is 24.1. The van der Waals surface area contributed by atoms with E-state index in [1.165, 1.54) is 7.11 Å². The van der Waals surface area contributed by atoms with E-state index >= 15 is 0 Å². The first kappa shape index (κ1) is 28.6. The van der Waals surface area contributed by atoms with Gasteiger partial charge in [0.2, 0.25) is 0 Å². The predicted octanol–water partition coefficient (Wildman–Crippen LogP) is 4.84. The summed E-state index contributed by atoms with van der Waals surface area (Å²) in [5.74, 6) is -0.295. The molecule has 2 aliphatic rings. The summed E-state index contributed by atoms with van der Waals surface area (Å²) in [6.45, 7) is 21.9. The predicted molar refractivity (Wildman–Crippen MR) is 133 cm³/mol. The molecule has 9 heteroatoms. The molecule has 2 saturated heterocycles. The van der Waals surface area contributed by atoms with Gasteiger partial charge in [0.15, 0.2) is 22.9 Å². The Labute approximate surface area is 202 Å². The smallest absolute Gasteiger partial charge is 0.308 e. The highest BCUT2D eigenvalue weighted by atomic mass is 28.4. The van der Waals surface area contributed by atoms with E-state index in [1.54, 1.807) is 0 Å². The molecule has 2 heterocycles. The van der Waals surface area contributed by atoms with Gasteiger partial charge < -0.3 is 27.9 Å². The number of carbonyl (C=O) groups is 2. The minimum atomic E-state index is -2.25. The van der Waals surface area contributed by atoms with Gasteiger partial charge in [0, 0.05) is 0 Å². The third kappa shape index (κ3) is 6.55. The van der Waals surface area contributed by atoms with Gasteiger partial charge in [-0.15, -0.1) is 0 Å². The normalized spacial score (nSPS) is 31.6. The molecule has 33 heavy (non-hydrogen) atoms. The van der Waals surface area contributed by atoms with Crippen LogP contribution in [0, 0.1) is 0 Å². The van der Waals surface area contributed by atoms with Gasteiger partial charge in [-0.3, -0.25) is 4.79 Å². The molecule has 0 spiro atoms. The van der Waals surface area contributed by atoms with Gasteiger partial charge in [-0.05, 0) is 49.1 Å². The van der Waals surface area contributed by atoms with Crippen LogP contribution in [0.15, 0.2) is 0 Å². The van der Waals surface area contributed by atoms with Crippen LogP contribution in [0.2, 0.25) is 36.3 Å². The summed E-state index contributed by atoms with van der Waals surface area (Å²) in [5, 5.41) is -0.0707. The highest BCUT2D eigenvalue weighted by Crippen LogP contribution is 2.44. The van der Waals surface area contributed by atoms with Crippen LogP contribution in [0.5, 0.6) is 0 Å². The van der Waals surface area contributed by atoms with Crippen molar-refractivity contribution in [3.05, 3.63) is 0 Å². The molecule has 0 aromatic carbocycles. The van der Waals surface area contributed by atoms with Crippen molar-refractivity contribution in [1.82, 2.24) is 0 Å². The highest BCUT2D eigenvalue weighted by molar-refractivity contribution is 6.74. The van der Waals surface area contributed by atoms with E-state index in [4.69, 9.17) is 23.1 Å². The van der Waals surface area contributed by atoms with Gasteiger partial charge in [-0.1, -0.05) is 41.5 Å². The maximum atomic E-state index is 12.2. The average molecular weight is 503 g/mol. The van der Waals surface area contributed by atoms with Crippen molar-refractivity contribution in [2.24, 2.45) is 0 Å². The molecule has 2 rings (SSSR count). The van der Waals surface area contributed by atoms with E-state index in [0.29, 0.717) is 12.8 Å². The Morgan fingerprint density at radius 2 is 1.42 bits per heavy atom. The number of rotatable bonds is 7. The van der Waals surface area contributed by atoms with Crippen molar-refractivity contribution in [3.63, 3.8) is 0 Å². The number of hydrogen-bond acceptors (Lipinski definition) is 7. The van der Waals surface area contributed by atoms with Crippen molar-refractivity contribution < 1.29 is 32.7 Å². The van der Waals surface area contributed by atoms with Crippen molar-refractivity contribution in [3.8, 4) is 0 Å². The Balaban J connectivity index is 2.45. The fourth-order valence-corrected chi connectivity index (χ4v) is 6.42. The van der Waals surface area contributed by atoms with Crippen LogP contribution in [0.3, 0.4) is 0 Å². The average Bonchev–Trinajstić information content (AvgIpc) is 2.67. The molecule has 0 aromatic rings. The van der Waals surface area contributed by atoms with Gasteiger partial charge in [0.25, 0.3) is 0 Å². The standard InChI is InChI=1S/C24H46O7Si2/c1-23(2,3)32(8,9)30-21-18(15-25)29-17-13-12-16(14-19(26)27-7)28-20(17)22(21)31-33(10,11)24(4,5)6/h15-18,20-22H,12-14H2,1-11H3/t16?,17-,18-,20-,21?,22?/m0/s1. The lowest BCUT2D eigenvalue weighted by atomic mass is 9.89. The summed E-state index contributed by atoms with van der Waals surface area (Å²) in [5.41, 5.74) is 0. The molecule has 6 atom stereocenters. The first-order valence-corrected chi connectivity index (χ1v) is 17.9. The first-order chi connectivity index (χ1) is 14.9. The number of methoxy groups -OCH3 is 1. The SMILES string of the molecule is COC(=O)CC1CC[C@@H]2O[C@@H](C=O)C(O[Si](C)(C)C(C)(C)C)C(O[Si](C)(C)C(C)(C)C)[C@H]2O1. The quantitative estimate of drug-likeness (QED) is 0.280. The van der Waals surface area contributed by atoms with Crippen LogP contribution in [-0.2, 0) is 32.7 Å². The molecule has 2 fully saturated rings. The number of ether oxygens (including phenoxy) is 3. The van der Waals surface area contributed by atoms with Crippen LogP contribution < -0.4 is 0 Å². The summed E-state index contributed by atoms with van der Waals surface area (Å²) >= 11 is 0. The van der Waals surface area contributed by atoms with Gasteiger partial charge in [-0.25, -0.2) is 0 Å². The second kappa shape index (κ2) is 10.2. The van der Waals surface area contributed by atoms with Crippen LogP contribution in [-0.4, -0.2) is 72.6 Å². The van der Waals surface area contributed by atoms with Crippen LogP contribution in [0.25, 0.3) is 0 Å². The fraction of sp³-hybridized carbons (Fsp3) is 0.917. The van der Waals surface area contributed by atoms with Gasteiger partial charge in [-0.2, -0.15) is 0 Å². The van der Waals surface area contributed by atoms with Crippen LogP contribution in [0.4, 0.5) is 0 Å². The maximum Gasteiger partial charge on any atom is 0.308 e. The lowest BCUT2D eigenvalue weighted by molar-refractivity contribution is -0.250. The highest BCUT2D eigenvalue weighted by Gasteiger charge is 2.55. The lowest BCUT2D eigenvalue weighted by Gasteiger charge is -2.53. The van der Waals surface area contributed by atoms with E-state index in [-0.39, 0.29) is 34.7 Å². The summed E-state index contributed by atoms with van der Waals surface area (Å²) in [6.07, 6.45) is -0.260. The molecule has 0 saturated carbocycles. The van der Waals surface area contributed by atoms with E-state index < -0.39 is 41.1 Å². The third-order valence-corrected chi connectivity index (χ3v) is 17.0. The monoisotopic (exact) mass is 502 g/mol. The number of fused-ring (bicyclic) bond motifs is 1. The van der Waals surface area contributed by atoms with Crippen molar-refractivity contribution in [1.29, 1.82) is 0 Å². The number of carbonyl (C=O) groups excluding carboxylic acids is 2. The van der Waals surface area contributed by atoms with Gasteiger partial charge >= 0.3 is 5.97 Å². The Kier molecular flexibility index (Phi) is 8.84. The summed E-state index contributed by atoms with van der Waals surface area (Å²) in [7, 11) is -3.11. The molecular weight excluding hydrogens is 456 g/mol. The van der Waals surface area contributed by atoms with E-state index in [2.05, 4.69) is 67.7 Å². The van der Waals surface area contributed by atoms with E-state index in [1.807, 2.05) is 0 Å². The molecule has 0 aromatic heterocycles. The van der Waals surface area contributed by atoms with Crippen LogP contribution in [0.1, 0.15) is 60.8 Å². The molecule has 0 aliphatic carbocycles. The van der Waals surface area contributed by atoms with Crippen molar-refractivity contribution in [2.45, 2.75) is 134 Å². The fourth-order valence-electron chi connectivity index (χ4n) is 3.81. The summed E-state index contributed by atoms with van der Waals surface area (Å²) < 4.78 is 31.3. The topological polar surface area (TPSA) is 80.3 Å². The zero-order chi connectivity index (χ0) is 25.4. The lowest BCUT2D eigenvalue weighted by Crippen LogP contribution is -2.67. The van der Waals surface area contributed by atoms with E-state index in [9.17, 15) is 9.59 Å². The second-order valence-corrected chi connectivity index (χ2v) is 22.1. The Morgan fingerprint density at radius 1 is 0.909 bits per heavy atom. The maximum absolute atomic E-state index is 12.2.